The molecule has 0 unspecified atom stereocenters. The highest BCUT2D eigenvalue weighted by molar-refractivity contribution is 8.00. The second-order valence-corrected chi connectivity index (χ2v) is 6.79. The number of carbonyl (C=O) groups excluding carboxylic acids is 2. The summed E-state index contributed by atoms with van der Waals surface area (Å²) in [6, 6.07) is 5.99. The SMILES string of the molecule is O=C(O)CSCC(=O)N1CCCN(C(=O)Cc2cccc(F)c2)CC1. The lowest BCUT2D eigenvalue weighted by Gasteiger charge is -2.22. The molecule has 0 saturated carbocycles. The summed E-state index contributed by atoms with van der Waals surface area (Å²) in [5.41, 5.74) is 0.632. The standard InChI is InChI=1S/C17H21FN2O4S/c18-14-4-1-3-13(9-14)10-15(21)19-5-2-6-20(8-7-19)16(22)11-25-12-17(23)24/h1,3-4,9H,2,5-8,10-12H2,(H,23,24). The average molecular weight is 368 g/mol. The molecule has 0 aromatic heterocycles. The highest BCUT2D eigenvalue weighted by atomic mass is 32.2. The zero-order valence-electron chi connectivity index (χ0n) is 13.8. The van der Waals surface area contributed by atoms with Crippen molar-refractivity contribution in [1.29, 1.82) is 0 Å². The molecule has 1 aliphatic rings. The van der Waals surface area contributed by atoms with Gasteiger partial charge in [0.25, 0.3) is 0 Å². The Morgan fingerprint density at radius 1 is 1.04 bits per heavy atom. The molecular weight excluding hydrogens is 347 g/mol. The Labute approximate surface area is 150 Å². The minimum atomic E-state index is -0.942. The Bertz CT molecular complexity index is 641. The molecule has 0 atom stereocenters. The Morgan fingerprint density at radius 3 is 2.36 bits per heavy atom. The smallest absolute Gasteiger partial charge is 0.313 e. The fourth-order valence-electron chi connectivity index (χ4n) is 2.67. The van der Waals surface area contributed by atoms with Gasteiger partial charge >= 0.3 is 5.97 Å². The first-order valence-electron chi connectivity index (χ1n) is 8.05. The van der Waals surface area contributed by atoms with E-state index in [4.69, 9.17) is 5.11 Å². The molecule has 2 rings (SSSR count). The quantitative estimate of drug-likeness (QED) is 0.818. The number of carboxylic acid groups (broad SMARTS) is 1. The van der Waals surface area contributed by atoms with Crippen LogP contribution in [0.4, 0.5) is 4.39 Å². The summed E-state index contributed by atoms with van der Waals surface area (Å²) in [5, 5.41) is 8.60. The molecule has 0 spiro atoms. The van der Waals surface area contributed by atoms with Crippen molar-refractivity contribution in [2.24, 2.45) is 0 Å². The molecule has 8 heteroatoms. The number of carboxylic acids is 1. The summed E-state index contributed by atoms with van der Waals surface area (Å²) in [4.78, 5) is 38.3. The molecule has 136 valence electrons. The number of hydrogen-bond donors (Lipinski definition) is 1. The number of nitrogens with zero attached hydrogens (tertiary/aromatic N) is 2. The van der Waals surface area contributed by atoms with Gasteiger partial charge in [-0.05, 0) is 24.1 Å². The van der Waals surface area contributed by atoms with Crippen LogP contribution in [0.3, 0.4) is 0 Å². The van der Waals surface area contributed by atoms with Crippen molar-refractivity contribution in [3.63, 3.8) is 0 Å². The third kappa shape index (κ3) is 6.38. The monoisotopic (exact) mass is 368 g/mol. The molecule has 0 bridgehead atoms. The number of thioether (sulfide) groups is 1. The molecule has 6 nitrogen and oxygen atoms in total. The van der Waals surface area contributed by atoms with E-state index < -0.39 is 5.97 Å². The van der Waals surface area contributed by atoms with Crippen LogP contribution in [0.15, 0.2) is 24.3 Å². The number of aliphatic carboxylic acids is 1. The molecule has 1 saturated heterocycles. The van der Waals surface area contributed by atoms with Crippen molar-refractivity contribution in [1.82, 2.24) is 9.80 Å². The average Bonchev–Trinajstić information content (AvgIpc) is 2.80. The molecule has 25 heavy (non-hydrogen) atoms. The summed E-state index contributed by atoms with van der Waals surface area (Å²) in [7, 11) is 0. The summed E-state index contributed by atoms with van der Waals surface area (Å²) in [5.74, 6) is -1.47. The third-order valence-corrected chi connectivity index (χ3v) is 4.80. The maximum atomic E-state index is 13.2. The van der Waals surface area contributed by atoms with Gasteiger partial charge in [-0.25, -0.2) is 4.39 Å². The molecule has 2 amide bonds. The van der Waals surface area contributed by atoms with Gasteiger partial charge in [0.05, 0.1) is 17.9 Å². The van der Waals surface area contributed by atoms with Gasteiger partial charge in [0.15, 0.2) is 0 Å². The second-order valence-electron chi connectivity index (χ2n) is 5.81. The van der Waals surface area contributed by atoms with Gasteiger partial charge in [-0.1, -0.05) is 12.1 Å². The van der Waals surface area contributed by atoms with Crippen LogP contribution in [0.5, 0.6) is 0 Å². The number of benzene rings is 1. The van der Waals surface area contributed by atoms with E-state index >= 15 is 0 Å². The Kier molecular flexibility index (Phi) is 7.24. The van der Waals surface area contributed by atoms with Gasteiger partial charge in [0.1, 0.15) is 5.82 Å². The number of hydrogen-bond acceptors (Lipinski definition) is 4. The van der Waals surface area contributed by atoms with Crippen LogP contribution in [0, 0.1) is 5.82 Å². The molecule has 1 aliphatic heterocycles. The van der Waals surface area contributed by atoms with Crippen LogP contribution in [0.2, 0.25) is 0 Å². The van der Waals surface area contributed by atoms with Gasteiger partial charge in [-0.2, -0.15) is 0 Å². The first-order chi connectivity index (χ1) is 12.0. The van der Waals surface area contributed by atoms with Gasteiger partial charge in [0.2, 0.25) is 11.8 Å². The Balaban J connectivity index is 1.82. The Hall–Kier alpha value is -2.09. The minimum Gasteiger partial charge on any atom is -0.481 e. The van der Waals surface area contributed by atoms with Crippen molar-refractivity contribution < 1.29 is 23.9 Å². The van der Waals surface area contributed by atoms with Crippen LogP contribution in [0.1, 0.15) is 12.0 Å². The van der Waals surface area contributed by atoms with Gasteiger partial charge in [-0.3, -0.25) is 14.4 Å². The highest BCUT2D eigenvalue weighted by Gasteiger charge is 2.22. The summed E-state index contributed by atoms with van der Waals surface area (Å²) in [6.07, 6.45) is 0.810. The van der Waals surface area contributed by atoms with Gasteiger partial charge in [0, 0.05) is 26.2 Å². The van der Waals surface area contributed by atoms with Crippen LogP contribution < -0.4 is 0 Å². The highest BCUT2D eigenvalue weighted by Crippen LogP contribution is 2.10. The van der Waals surface area contributed by atoms with Crippen LogP contribution in [0.25, 0.3) is 0 Å². The fourth-order valence-corrected chi connectivity index (χ4v) is 3.30. The number of halogens is 1. The molecule has 1 heterocycles. The van der Waals surface area contributed by atoms with E-state index in [0.717, 1.165) is 11.8 Å². The van der Waals surface area contributed by atoms with E-state index in [9.17, 15) is 18.8 Å². The van der Waals surface area contributed by atoms with E-state index in [0.29, 0.717) is 38.2 Å². The van der Waals surface area contributed by atoms with E-state index in [1.54, 1.807) is 21.9 Å². The van der Waals surface area contributed by atoms with E-state index in [1.807, 2.05) is 0 Å². The lowest BCUT2D eigenvalue weighted by atomic mass is 10.1. The van der Waals surface area contributed by atoms with Crippen LogP contribution in [-0.2, 0) is 20.8 Å². The lowest BCUT2D eigenvalue weighted by Crippen LogP contribution is -2.38. The zero-order chi connectivity index (χ0) is 18.2. The largest absolute Gasteiger partial charge is 0.481 e. The summed E-state index contributed by atoms with van der Waals surface area (Å²) < 4.78 is 13.2. The van der Waals surface area contributed by atoms with E-state index in [-0.39, 0.29) is 35.6 Å². The summed E-state index contributed by atoms with van der Waals surface area (Å²) in [6.45, 7) is 1.97. The zero-order valence-corrected chi connectivity index (χ0v) is 14.6. The van der Waals surface area contributed by atoms with Gasteiger partial charge in [-0.15, -0.1) is 11.8 Å². The molecule has 1 aromatic carbocycles. The first-order valence-corrected chi connectivity index (χ1v) is 9.20. The number of rotatable bonds is 6. The molecule has 1 aromatic rings. The molecule has 1 N–H and O–H groups in total. The predicted molar refractivity (Wildman–Crippen MR) is 92.8 cm³/mol. The normalized spacial score (nSPS) is 14.9. The van der Waals surface area contributed by atoms with E-state index in [1.165, 1.54) is 12.1 Å². The Morgan fingerprint density at radius 2 is 1.72 bits per heavy atom. The third-order valence-electron chi connectivity index (χ3n) is 3.90. The van der Waals surface area contributed by atoms with Crippen molar-refractivity contribution in [2.45, 2.75) is 12.8 Å². The first kappa shape index (κ1) is 19.2. The predicted octanol–water partition coefficient (Wildman–Crippen LogP) is 1.25. The molecule has 0 radical (unpaired) electrons. The van der Waals surface area contributed by atoms with Gasteiger partial charge < -0.3 is 14.9 Å². The van der Waals surface area contributed by atoms with Crippen LogP contribution in [-0.4, -0.2) is 70.4 Å². The van der Waals surface area contributed by atoms with Crippen molar-refractivity contribution in [2.75, 3.05) is 37.7 Å². The number of carbonyl (C=O) groups is 3. The second kappa shape index (κ2) is 9.41. The van der Waals surface area contributed by atoms with Crippen molar-refractivity contribution in [3.05, 3.63) is 35.6 Å². The maximum absolute atomic E-state index is 13.2. The molecule has 0 aliphatic carbocycles. The summed E-state index contributed by atoms with van der Waals surface area (Å²) >= 11 is 1.07. The van der Waals surface area contributed by atoms with Crippen molar-refractivity contribution >= 4 is 29.5 Å². The van der Waals surface area contributed by atoms with Crippen molar-refractivity contribution in [3.8, 4) is 0 Å². The fraction of sp³-hybridized carbons (Fsp3) is 0.471. The molecular formula is C17H21FN2O4S. The van der Waals surface area contributed by atoms with Crippen LogP contribution >= 0.6 is 11.8 Å². The number of amides is 2. The van der Waals surface area contributed by atoms with E-state index in [2.05, 4.69) is 0 Å². The lowest BCUT2D eigenvalue weighted by molar-refractivity contribution is -0.134. The topological polar surface area (TPSA) is 77.9 Å². The molecule has 1 fully saturated rings. The minimum absolute atomic E-state index is 0.0832. The maximum Gasteiger partial charge on any atom is 0.313 e.